The van der Waals surface area contributed by atoms with Gasteiger partial charge in [0.1, 0.15) is 11.6 Å². The average molecular weight is 212 g/mol. The minimum atomic E-state index is -0.685. The van der Waals surface area contributed by atoms with Crippen LogP contribution in [0.4, 0.5) is 4.39 Å². The zero-order valence-electron chi connectivity index (χ0n) is 8.70. The first-order valence-corrected chi connectivity index (χ1v) is 4.72. The van der Waals surface area contributed by atoms with Crippen molar-refractivity contribution in [1.29, 1.82) is 0 Å². The standard InChI is InChI=1S/C11H13FO3/c1-3-14-11(13)8(2)15-10-6-4-9(12)5-7-10/h4-8H,3H2,1-2H3. The van der Waals surface area contributed by atoms with Crippen molar-refractivity contribution in [3.8, 4) is 5.75 Å². The Morgan fingerprint density at radius 1 is 1.40 bits per heavy atom. The molecule has 0 spiro atoms. The molecule has 0 heterocycles. The van der Waals surface area contributed by atoms with Gasteiger partial charge >= 0.3 is 5.97 Å². The summed E-state index contributed by atoms with van der Waals surface area (Å²) in [6, 6.07) is 5.47. The molecular formula is C11H13FO3. The molecule has 0 amide bonds. The number of hydrogen-bond acceptors (Lipinski definition) is 3. The predicted molar refractivity (Wildman–Crippen MR) is 53.1 cm³/mol. The summed E-state index contributed by atoms with van der Waals surface area (Å²) in [5, 5.41) is 0. The Morgan fingerprint density at radius 3 is 2.53 bits per heavy atom. The highest BCUT2D eigenvalue weighted by Gasteiger charge is 2.15. The highest BCUT2D eigenvalue weighted by atomic mass is 19.1. The van der Waals surface area contributed by atoms with Gasteiger partial charge in [0.15, 0.2) is 6.10 Å². The molecule has 0 fully saturated rings. The van der Waals surface area contributed by atoms with E-state index >= 15 is 0 Å². The first-order valence-electron chi connectivity index (χ1n) is 4.72. The van der Waals surface area contributed by atoms with Crippen molar-refractivity contribution in [3.63, 3.8) is 0 Å². The average Bonchev–Trinajstić information content (AvgIpc) is 2.22. The van der Waals surface area contributed by atoms with Crippen molar-refractivity contribution in [2.24, 2.45) is 0 Å². The summed E-state index contributed by atoms with van der Waals surface area (Å²) in [6.07, 6.45) is -0.685. The lowest BCUT2D eigenvalue weighted by atomic mass is 10.3. The quantitative estimate of drug-likeness (QED) is 0.717. The maximum absolute atomic E-state index is 12.6. The highest BCUT2D eigenvalue weighted by Crippen LogP contribution is 2.13. The SMILES string of the molecule is CCOC(=O)C(C)Oc1ccc(F)cc1. The van der Waals surface area contributed by atoms with E-state index < -0.39 is 12.1 Å². The van der Waals surface area contributed by atoms with Crippen LogP contribution in [-0.2, 0) is 9.53 Å². The molecule has 0 aliphatic rings. The van der Waals surface area contributed by atoms with E-state index in [2.05, 4.69) is 0 Å². The Morgan fingerprint density at radius 2 is 2.00 bits per heavy atom. The Kier molecular flexibility index (Phi) is 4.09. The number of esters is 1. The number of benzene rings is 1. The van der Waals surface area contributed by atoms with E-state index in [9.17, 15) is 9.18 Å². The zero-order valence-corrected chi connectivity index (χ0v) is 8.70. The van der Waals surface area contributed by atoms with Gasteiger partial charge in [-0.1, -0.05) is 0 Å². The van der Waals surface area contributed by atoms with Gasteiger partial charge in [0.05, 0.1) is 6.61 Å². The summed E-state index contributed by atoms with van der Waals surface area (Å²) in [5.41, 5.74) is 0. The Labute approximate surface area is 87.8 Å². The number of rotatable bonds is 4. The minimum absolute atomic E-state index is 0.315. The number of halogens is 1. The summed E-state index contributed by atoms with van der Waals surface area (Å²) in [6.45, 7) is 3.62. The maximum Gasteiger partial charge on any atom is 0.347 e. The van der Waals surface area contributed by atoms with Crippen molar-refractivity contribution in [2.75, 3.05) is 6.61 Å². The van der Waals surface area contributed by atoms with Crippen LogP contribution in [0, 0.1) is 5.82 Å². The van der Waals surface area contributed by atoms with Gasteiger partial charge in [0.25, 0.3) is 0 Å². The zero-order chi connectivity index (χ0) is 11.3. The first kappa shape index (κ1) is 11.5. The van der Waals surface area contributed by atoms with E-state index in [1.165, 1.54) is 24.3 Å². The van der Waals surface area contributed by atoms with Crippen molar-refractivity contribution in [2.45, 2.75) is 20.0 Å². The molecule has 0 radical (unpaired) electrons. The molecule has 0 saturated carbocycles. The summed E-state index contributed by atoms with van der Waals surface area (Å²) in [5.74, 6) is -0.329. The van der Waals surface area contributed by atoms with Crippen LogP contribution in [0.25, 0.3) is 0 Å². The van der Waals surface area contributed by atoms with E-state index in [0.717, 1.165) is 0 Å². The largest absolute Gasteiger partial charge is 0.479 e. The summed E-state index contributed by atoms with van der Waals surface area (Å²) < 4.78 is 22.6. The van der Waals surface area contributed by atoms with Crippen LogP contribution in [0.1, 0.15) is 13.8 Å². The van der Waals surface area contributed by atoms with Crippen molar-refractivity contribution < 1.29 is 18.7 Å². The maximum atomic E-state index is 12.6. The second kappa shape index (κ2) is 5.34. The Bertz CT molecular complexity index is 321. The lowest BCUT2D eigenvalue weighted by molar-refractivity contribution is -0.150. The molecule has 1 aromatic carbocycles. The fraction of sp³-hybridized carbons (Fsp3) is 0.364. The Hall–Kier alpha value is -1.58. The monoisotopic (exact) mass is 212 g/mol. The normalized spacial score (nSPS) is 11.9. The molecule has 0 aliphatic heterocycles. The van der Waals surface area contributed by atoms with Gasteiger partial charge in [-0.3, -0.25) is 0 Å². The van der Waals surface area contributed by atoms with Gasteiger partial charge in [-0.2, -0.15) is 0 Å². The molecule has 0 bridgehead atoms. The lowest BCUT2D eigenvalue weighted by Gasteiger charge is -2.12. The number of carbonyl (C=O) groups excluding carboxylic acids is 1. The summed E-state index contributed by atoms with van der Waals surface area (Å²) >= 11 is 0. The van der Waals surface area contributed by atoms with E-state index in [4.69, 9.17) is 9.47 Å². The first-order chi connectivity index (χ1) is 7.13. The van der Waals surface area contributed by atoms with E-state index in [1.54, 1.807) is 13.8 Å². The van der Waals surface area contributed by atoms with E-state index in [1.807, 2.05) is 0 Å². The molecule has 0 saturated heterocycles. The molecule has 0 aromatic heterocycles. The fourth-order valence-corrected chi connectivity index (χ4v) is 1.03. The minimum Gasteiger partial charge on any atom is -0.479 e. The molecule has 0 N–H and O–H groups in total. The van der Waals surface area contributed by atoms with Crippen LogP contribution >= 0.6 is 0 Å². The second-order valence-corrected chi connectivity index (χ2v) is 2.97. The van der Waals surface area contributed by atoms with Crippen LogP contribution in [0.15, 0.2) is 24.3 Å². The molecule has 1 aromatic rings. The third kappa shape index (κ3) is 3.58. The van der Waals surface area contributed by atoms with Crippen LogP contribution in [0.3, 0.4) is 0 Å². The molecule has 0 aliphatic carbocycles. The van der Waals surface area contributed by atoms with E-state index in [-0.39, 0.29) is 5.82 Å². The Balaban J connectivity index is 2.54. The van der Waals surface area contributed by atoms with Crippen molar-refractivity contribution >= 4 is 5.97 Å². The smallest absolute Gasteiger partial charge is 0.347 e. The summed E-state index contributed by atoms with van der Waals surface area (Å²) in [4.78, 5) is 11.2. The van der Waals surface area contributed by atoms with Gasteiger partial charge in [-0.25, -0.2) is 9.18 Å². The third-order valence-corrected chi connectivity index (χ3v) is 1.75. The van der Waals surface area contributed by atoms with Crippen molar-refractivity contribution in [1.82, 2.24) is 0 Å². The topological polar surface area (TPSA) is 35.5 Å². The van der Waals surface area contributed by atoms with Gasteiger partial charge in [0, 0.05) is 0 Å². The van der Waals surface area contributed by atoms with Gasteiger partial charge in [-0.15, -0.1) is 0 Å². The van der Waals surface area contributed by atoms with Crippen LogP contribution in [-0.4, -0.2) is 18.7 Å². The molecule has 15 heavy (non-hydrogen) atoms. The van der Waals surface area contributed by atoms with Crippen molar-refractivity contribution in [3.05, 3.63) is 30.1 Å². The molecule has 1 unspecified atom stereocenters. The number of ether oxygens (including phenoxy) is 2. The molecule has 4 heteroatoms. The van der Waals surface area contributed by atoms with Crippen LogP contribution in [0.2, 0.25) is 0 Å². The number of carbonyl (C=O) groups is 1. The van der Waals surface area contributed by atoms with Gasteiger partial charge in [0.2, 0.25) is 0 Å². The van der Waals surface area contributed by atoms with Gasteiger partial charge in [-0.05, 0) is 38.1 Å². The molecule has 1 rings (SSSR count). The molecule has 1 atom stereocenters. The third-order valence-electron chi connectivity index (χ3n) is 1.75. The van der Waals surface area contributed by atoms with Gasteiger partial charge < -0.3 is 9.47 Å². The lowest BCUT2D eigenvalue weighted by Crippen LogP contribution is -2.26. The second-order valence-electron chi connectivity index (χ2n) is 2.97. The van der Waals surface area contributed by atoms with Crippen LogP contribution in [0.5, 0.6) is 5.75 Å². The molecular weight excluding hydrogens is 199 g/mol. The highest BCUT2D eigenvalue weighted by molar-refractivity contribution is 5.74. The summed E-state index contributed by atoms with van der Waals surface area (Å²) in [7, 11) is 0. The molecule has 3 nitrogen and oxygen atoms in total. The molecule has 82 valence electrons. The number of hydrogen-bond donors (Lipinski definition) is 0. The fourth-order valence-electron chi connectivity index (χ4n) is 1.03. The van der Waals surface area contributed by atoms with E-state index in [0.29, 0.717) is 12.4 Å². The predicted octanol–water partition coefficient (Wildman–Crippen LogP) is 2.16. The van der Waals surface area contributed by atoms with Crippen LogP contribution < -0.4 is 4.74 Å².